The summed E-state index contributed by atoms with van der Waals surface area (Å²) in [5.41, 5.74) is 5.36. The maximum absolute atomic E-state index is 14.1. The lowest BCUT2D eigenvalue weighted by Crippen LogP contribution is -2.45. The number of nitrogens with zero attached hydrogens (tertiary/aromatic N) is 6. The number of hydrogen-bond acceptors (Lipinski definition) is 7. The van der Waals surface area contributed by atoms with Gasteiger partial charge in [-0.15, -0.1) is 0 Å². The molecule has 1 spiro atoms. The van der Waals surface area contributed by atoms with Crippen LogP contribution in [0.4, 0.5) is 5.95 Å². The molecule has 3 heterocycles. The minimum Gasteiger partial charge on any atom is -0.495 e. The summed E-state index contributed by atoms with van der Waals surface area (Å²) in [7, 11) is 7.53. The van der Waals surface area contributed by atoms with Gasteiger partial charge in [-0.2, -0.15) is 5.26 Å². The number of carbonyl (C=O) groups excluding carboxylic acids is 1. The minimum absolute atomic E-state index is 0.0199. The number of nitrogens with one attached hydrogen (secondary N) is 1. The number of hydrogen-bond donors (Lipinski definition) is 1. The molecule has 0 unspecified atom stereocenters. The highest BCUT2D eigenvalue weighted by molar-refractivity contribution is 5.98. The van der Waals surface area contributed by atoms with Crippen LogP contribution in [0.5, 0.6) is 5.75 Å². The second-order valence-electron chi connectivity index (χ2n) is 10.4. The molecule has 0 radical (unpaired) electrons. The zero-order valence-corrected chi connectivity index (χ0v) is 22.1. The van der Waals surface area contributed by atoms with E-state index in [0.717, 1.165) is 36.5 Å². The molecule has 1 aromatic carbocycles. The third-order valence-electron chi connectivity index (χ3n) is 7.53. The Balaban J connectivity index is 1.57. The Labute approximate surface area is 217 Å². The molecule has 2 aliphatic rings. The van der Waals surface area contributed by atoms with Gasteiger partial charge >= 0.3 is 0 Å². The molecule has 1 N–H and O–H groups in total. The molecule has 1 saturated carbocycles. The number of rotatable bonds is 8. The number of pyridine rings is 1. The van der Waals surface area contributed by atoms with Crippen molar-refractivity contribution in [3.8, 4) is 11.8 Å². The van der Waals surface area contributed by atoms with Gasteiger partial charge in [-0.1, -0.05) is 6.07 Å². The van der Waals surface area contributed by atoms with Gasteiger partial charge in [0, 0.05) is 55.8 Å². The predicted octanol–water partition coefficient (Wildman–Crippen LogP) is 3.56. The third-order valence-corrected chi connectivity index (χ3v) is 7.53. The first-order valence-electron chi connectivity index (χ1n) is 12.5. The van der Waals surface area contributed by atoms with E-state index in [1.807, 2.05) is 25.1 Å². The van der Waals surface area contributed by atoms with Gasteiger partial charge in [0.15, 0.2) is 0 Å². The van der Waals surface area contributed by atoms with E-state index >= 15 is 0 Å². The number of anilines is 1. The number of aromatic nitrogens is 3. The molecule has 3 aromatic rings. The molecule has 9 heteroatoms. The van der Waals surface area contributed by atoms with Crippen LogP contribution in [0.3, 0.4) is 0 Å². The topological polar surface area (TPSA) is 99.3 Å². The smallest absolute Gasteiger partial charge is 0.254 e. The van der Waals surface area contributed by atoms with Gasteiger partial charge in [-0.25, -0.2) is 4.98 Å². The summed E-state index contributed by atoms with van der Waals surface area (Å²) in [5, 5.41) is 12.5. The molecule has 1 amide bonds. The predicted molar refractivity (Wildman–Crippen MR) is 141 cm³/mol. The van der Waals surface area contributed by atoms with E-state index in [2.05, 4.69) is 57.0 Å². The SMILES string of the molecule is CNc1nccn1Cc1cc(CN(C)C)c2c(c1)C(=O)N([C@@H](C)c1cc(OC)c(C#N)cn1)CC21CC1. The molecular weight excluding hydrogens is 466 g/mol. The van der Waals surface area contributed by atoms with Crippen LogP contribution in [0.1, 0.15) is 64.1 Å². The first kappa shape index (κ1) is 24.8. The zero-order valence-electron chi connectivity index (χ0n) is 22.1. The number of fused-ring (bicyclic) bond motifs is 2. The van der Waals surface area contributed by atoms with Gasteiger partial charge in [-0.3, -0.25) is 9.78 Å². The van der Waals surface area contributed by atoms with Crippen LogP contribution in [-0.4, -0.2) is 65.0 Å². The molecule has 1 aliphatic carbocycles. The average Bonchev–Trinajstić information content (AvgIpc) is 3.51. The monoisotopic (exact) mass is 499 g/mol. The maximum Gasteiger partial charge on any atom is 0.254 e. The Bertz CT molecular complexity index is 1380. The van der Waals surface area contributed by atoms with Gasteiger partial charge in [0.25, 0.3) is 5.91 Å². The standard InChI is InChI=1S/C28H33N7O2/c1-18(23-12-24(37-5)21(13-29)14-32-23)35-17-28(6-7-28)25-20(16-33(3)4)10-19(11-22(25)26(35)36)15-34-9-8-31-27(34)30-2/h8-12,14,18H,6-7,15-17H2,1-5H3,(H,30,31)/t18-/m0/s1. The van der Waals surface area contributed by atoms with Crippen molar-refractivity contribution >= 4 is 11.9 Å². The van der Waals surface area contributed by atoms with Crippen molar-refractivity contribution in [2.75, 3.05) is 40.1 Å². The Hall–Kier alpha value is -3.90. The summed E-state index contributed by atoms with van der Waals surface area (Å²) in [6.45, 7) is 4.06. The number of nitriles is 1. The van der Waals surface area contributed by atoms with Crippen LogP contribution in [0, 0.1) is 11.3 Å². The van der Waals surface area contributed by atoms with Gasteiger partial charge in [0.05, 0.1) is 25.4 Å². The fraction of sp³-hybridized carbons (Fsp3) is 0.429. The summed E-state index contributed by atoms with van der Waals surface area (Å²) < 4.78 is 7.46. The second-order valence-corrected chi connectivity index (χ2v) is 10.4. The van der Waals surface area contributed by atoms with Gasteiger partial charge < -0.3 is 24.4 Å². The fourth-order valence-electron chi connectivity index (χ4n) is 5.58. The average molecular weight is 500 g/mol. The molecule has 0 saturated heterocycles. The number of ether oxygens (including phenoxy) is 1. The van der Waals surface area contributed by atoms with Gasteiger partial charge in [0.1, 0.15) is 17.4 Å². The summed E-state index contributed by atoms with van der Waals surface area (Å²) in [4.78, 5) is 27.1. The first-order valence-corrected chi connectivity index (χ1v) is 12.5. The van der Waals surface area contributed by atoms with Crippen molar-refractivity contribution in [1.82, 2.24) is 24.3 Å². The number of imidazole rings is 1. The largest absolute Gasteiger partial charge is 0.495 e. The molecule has 2 aromatic heterocycles. The molecule has 9 nitrogen and oxygen atoms in total. The third kappa shape index (κ3) is 4.42. The molecule has 1 atom stereocenters. The number of methoxy groups -OCH3 is 1. The highest BCUT2D eigenvalue weighted by Crippen LogP contribution is 2.55. The maximum atomic E-state index is 14.1. The van der Waals surface area contributed by atoms with Crippen LogP contribution in [0.25, 0.3) is 0 Å². The summed E-state index contributed by atoms with van der Waals surface area (Å²) in [6.07, 6.45) is 7.37. The van der Waals surface area contributed by atoms with E-state index in [0.29, 0.717) is 30.1 Å². The highest BCUT2D eigenvalue weighted by Gasteiger charge is 2.53. The molecule has 192 valence electrons. The van der Waals surface area contributed by atoms with Gasteiger partial charge in [0.2, 0.25) is 5.95 Å². The first-order chi connectivity index (χ1) is 17.8. The highest BCUT2D eigenvalue weighted by atomic mass is 16.5. The van der Waals surface area contributed by atoms with Crippen molar-refractivity contribution < 1.29 is 9.53 Å². The van der Waals surface area contributed by atoms with Crippen molar-refractivity contribution in [3.05, 3.63) is 70.3 Å². The van der Waals surface area contributed by atoms with Gasteiger partial charge in [-0.05, 0) is 56.6 Å². The summed E-state index contributed by atoms with van der Waals surface area (Å²) >= 11 is 0. The molecule has 1 aliphatic heterocycles. The van der Waals surface area contributed by atoms with Crippen LogP contribution in [-0.2, 0) is 18.5 Å². The zero-order chi connectivity index (χ0) is 26.3. The van der Waals surface area contributed by atoms with E-state index < -0.39 is 0 Å². The fourth-order valence-corrected chi connectivity index (χ4v) is 5.58. The van der Waals surface area contributed by atoms with Crippen molar-refractivity contribution in [2.45, 2.75) is 44.3 Å². The Morgan fingerprint density at radius 1 is 1.27 bits per heavy atom. The van der Waals surface area contributed by atoms with Crippen LogP contribution < -0.4 is 10.1 Å². The Morgan fingerprint density at radius 3 is 2.70 bits per heavy atom. The van der Waals surface area contributed by atoms with Crippen LogP contribution >= 0.6 is 0 Å². The lowest BCUT2D eigenvalue weighted by Gasteiger charge is -2.40. The quantitative estimate of drug-likeness (QED) is 0.506. The van der Waals surface area contributed by atoms with Crippen LogP contribution in [0.2, 0.25) is 0 Å². The van der Waals surface area contributed by atoms with E-state index in [9.17, 15) is 10.1 Å². The number of carbonyl (C=O) groups is 1. The molecule has 0 bridgehead atoms. The van der Waals surface area contributed by atoms with E-state index in [-0.39, 0.29) is 17.4 Å². The molecular formula is C28H33N7O2. The Morgan fingerprint density at radius 2 is 2.05 bits per heavy atom. The molecule has 37 heavy (non-hydrogen) atoms. The summed E-state index contributed by atoms with van der Waals surface area (Å²) in [5.74, 6) is 1.28. The molecule has 5 rings (SSSR count). The number of benzene rings is 1. The second kappa shape index (κ2) is 9.52. The van der Waals surface area contributed by atoms with Crippen molar-refractivity contribution in [3.63, 3.8) is 0 Å². The van der Waals surface area contributed by atoms with Crippen molar-refractivity contribution in [2.24, 2.45) is 0 Å². The minimum atomic E-state index is -0.259. The van der Waals surface area contributed by atoms with E-state index in [1.165, 1.54) is 17.3 Å². The lowest BCUT2D eigenvalue weighted by atomic mass is 9.81. The summed E-state index contributed by atoms with van der Waals surface area (Å²) in [6, 6.07) is 7.96. The lowest BCUT2D eigenvalue weighted by molar-refractivity contribution is 0.0633. The van der Waals surface area contributed by atoms with Crippen LogP contribution in [0.15, 0.2) is 36.8 Å². The van der Waals surface area contributed by atoms with Crippen molar-refractivity contribution in [1.29, 1.82) is 5.26 Å². The Kier molecular flexibility index (Phi) is 6.38. The van der Waals surface area contributed by atoms with E-state index in [4.69, 9.17) is 4.74 Å². The normalized spacial score (nSPS) is 16.5. The number of amides is 1. The van der Waals surface area contributed by atoms with E-state index in [1.54, 1.807) is 19.4 Å². The molecule has 1 fully saturated rings.